The van der Waals surface area contributed by atoms with Crippen LogP contribution >= 0.6 is 11.6 Å². The number of pyridine rings is 1. The normalized spacial score (nSPS) is 9.67. The summed E-state index contributed by atoms with van der Waals surface area (Å²) in [6.45, 7) is 0. The van der Waals surface area contributed by atoms with E-state index >= 15 is 0 Å². The Balaban J connectivity index is 3.17. The Labute approximate surface area is 55.3 Å². The van der Waals surface area contributed by atoms with Crippen molar-refractivity contribution in [3.05, 3.63) is 29.1 Å². The molecule has 0 fully saturated rings. The van der Waals surface area contributed by atoms with Gasteiger partial charge in [-0.2, -0.15) is 5.02 Å². The highest BCUT2D eigenvalue weighted by molar-refractivity contribution is 6.30. The van der Waals surface area contributed by atoms with Crippen LogP contribution in [0.1, 0.15) is 0 Å². The Hall–Kier alpha value is -0.700. The molecule has 0 aliphatic rings. The molecule has 1 heterocycles. The van der Waals surface area contributed by atoms with Gasteiger partial charge in [0.25, 0.3) is 0 Å². The van der Waals surface area contributed by atoms with Gasteiger partial charge in [0.05, 0.1) is 0 Å². The molecule has 0 saturated heterocycles. The van der Waals surface area contributed by atoms with E-state index < -0.39 is 11.8 Å². The average Bonchev–Trinajstić information content (AvgIpc) is 1.80. The molecule has 0 spiro atoms. The topological polar surface area (TPSA) is 12.9 Å². The summed E-state index contributed by atoms with van der Waals surface area (Å²) in [7, 11) is 0. The van der Waals surface area contributed by atoms with Gasteiger partial charge in [-0.25, -0.2) is 6.20 Å². The van der Waals surface area contributed by atoms with Crippen LogP contribution in [0.15, 0.2) is 0 Å². The molecule has 0 aromatic carbocycles. The molecule has 0 aliphatic heterocycles. The highest BCUT2D eigenvalue weighted by Gasteiger charge is 1.77. The summed E-state index contributed by atoms with van der Waals surface area (Å²) in [5, 5.41) is -0.158. The fourth-order valence-corrected chi connectivity index (χ4v) is 0.448. The van der Waals surface area contributed by atoms with Crippen molar-refractivity contribution in [2.24, 2.45) is 0 Å². The number of halogens is 3. The molecule has 0 N–H and O–H groups in total. The third-order valence-electron chi connectivity index (χ3n) is 0.653. The molecule has 48 valence electrons. The minimum absolute atomic E-state index is 0.158. The molecule has 1 aromatic heterocycles. The summed E-state index contributed by atoms with van der Waals surface area (Å²) in [6.07, 6.45) is 1.99. The van der Waals surface area contributed by atoms with Gasteiger partial charge >= 0.3 is 0 Å². The van der Waals surface area contributed by atoms with Crippen LogP contribution < -0.4 is 0 Å². The van der Waals surface area contributed by atoms with Crippen LogP contribution in [0.2, 0.25) is 5.02 Å². The fraction of sp³-hybridized carbons (Fsp3) is 0. The second kappa shape index (κ2) is 2.27. The quantitative estimate of drug-likeness (QED) is 0.401. The molecule has 0 saturated carbocycles. The zero-order valence-corrected chi connectivity index (χ0v) is 4.84. The van der Waals surface area contributed by atoms with Crippen LogP contribution in [0.4, 0.5) is 8.78 Å². The SMILES string of the molecule is Fc1[c-]c(Cl)[c-]nc1F. The Morgan fingerprint density at radius 3 is 2.56 bits per heavy atom. The molecule has 0 bridgehead atoms. The second-order valence-corrected chi connectivity index (χ2v) is 1.65. The summed E-state index contributed by atoms with van der Waals surface area (Å²) in [5.41, 5.74) is 0. The monoisotopic (exact) mass is 147 g/mol. The number of rotatable bonds is 0. The molecular weight excluding hydrogens is 148 g/mol. The molecule has 9 heavy (non-hydrogen) atoms. The van der Waals surface area contributed by atoms with Crippen LogP contribution in [0, 0.1) is 24.0 Å². The van der Waals surface area contributed by atoms with Crippen molar-refractivity contribution in [1.29, 1.82) is 0 Å². The maximum Gasteiger partial charge on any atom is 0.00438 e. The highest BCUT2D eigenvalue weighted by Crippen LogP contribution is 2.07. The molecule has 1 rings (SSSR count). The molecule has 1 aromatic rings. The molecule has 0 unspecified atom stereocenters. The highest BCUT2D eigenvalue weighted by atomic mass is 35.5. The van der Waals surface area contributed by atoms with Gasteiger partial charge in [0, 0.05) is 5.95 Å². The molecular formula is C5ClF2N-2. The predicted octanol–water partition coefficient (Wildman–Crippen LogP) is 1.61. The van der Waals surface area contributed by atoms with Crippen molar-refractivity contribution in [2.75, 3.05) is 0 Å². The van der Waals surface area contributed by atoms with Gasteiger partial charge in [0.1, 0.15) is 0 Å². The van der Waals surface area contributed by atoms with Gasteiger partial charge in [-0.1, -0.05) is 5.82 Å². The molecule has 0 atom stereocenters. The van der Waals surface area contributed by atoms with E-state index in [2.05, 4.69) is 4.98 Å². The maximum atomic E-state index is 12.0. The van der Waals surface area contributed by atoms with Gasteiger partial charge in [-0.3, -0.25) is 10.5 Å². The number of nitrogens with zero attached hydrogens (tertiary/aromatic N) is 1. The van der Waals surface area contributed by atoms with Gasteiger partial charge in [0.15, 0.2) is 0 Å². The Bertz CT molecular complexity index is 226. The summed E-state index contributed by atoms with van der Waals surface area (Å²) in [4.78, 5) is 2.85. The van der Waals surface area contributed by atoms with E-state index in [1.807, 2.05) is 12.3 Å². The van der Waals surface area contributed by atoms with Gasteiger partial charge < -0.3 is 9.37 Å². The van der Waals surface area contributed by atoms with Gasteiger partial charge in [0.2, 0.25) is 0 Å². The van der Waals surface area contributed by atoms with E-state index in [-0.39, 0.29) is 5.02 Å². The maximum absolute atomic E-state index is 12.0. The lowest BCUT2D eigenvalue weighted by molar-refractivity contribution is 0.477. The van der Waals surface area contributed by atoms with E-state index in [0.717, 1.165) is 0 Å². The zero-order valence-electron chi connectivity index (χ0n) is 4.08. The minimum atomic E-state index is -1.24. The second-order valence-electron chi connectivity index (χ2n) is 1.27. The number of hydrogen-bond donors (Lipinski definition) is 0. The smallest absolute Gasteiger partial charge is 0.00438 e. The first-order valence-electron chi connectivity index (χ1n) is 2.01. The van der Waals surface area contributed by atoms with E-state index in [0.29, 0.717) is 0 Å². The van der Waals surface area contributed by atoms with Crippen molar-refractivity contribution in [1.82, 2.24) is 4.98 Å². The third kappa shape index (κ3) is 1.36. The van der Waals surface area contributed by atoms with E-state index in [1.165, 1.54) is 0 Å². The Kier molecular flexibility index (Phi) is 1.62. The summed E-state index contributed by atoms with van der Waals surface area (Å²) in [5.74, 6) is -2.42. The Morgan fingerprint density at radius 1 is 1.44 bits per heavy atom. The number of hydrogen-bond acceptors (Lipinski definition) is 1. The van der Waals surface area contributed by atoms with Crippen molar-refractivity contribution in [3.63, 3.8) is 0 Å². The Morgan fingerprint density at radius 2 is 2.11 bits per heavy atom. The summed E-state index contributed by atoms with van der Waals surface area (Å²) >= 11 is 5.14. The average molecular weight is 148 g/mol. The first-order valence-corrected chi connectivity index (χ1v) is 2.39. The summed E-state index contributed by atoms with van der Waals surface area (Å²) < 4.78 is 23.9. The van der Waals surface area contributed by atoms with Crippen LogP contribution in [-0.4, -0.2) is 4.98 Å². The first-order chi connectivity index (χ1) is 4.20. The number of aromatic nitrogens is 1. The van der Waals surface area contributed by atoms with Crippen molar-refractivity contribution in [2.45, 2.75) is 0 Å². The van der Waals surface area contributed by atoms with E-state index in [4.69, 9.17) is 11.6 Å². The van der Waals surface area contributed by atoms with Gasteiger partial charge in [-0.15, -0.1) is 11.6 Å². The molecule has 1 nitrogen and oxygen atoms in total. The van der Waals surface area contributed by atoms with Crippen LogP contribution in [0.25, 0.3) is 0 Å². The first kappa shape index (κ1) is 6.42. The lowest BCUT2D eigenvalue weighted by atomic mass is 10.5. The van der Waals surface area contributed by atoms with Crippen molar-refractivity contribution >= 4 is 11.6 Å². The van der Waals surface area contributed by atoms with Crippen molar-refractivity contribution in [3.8, 4) is 0 Å². The largest absolute Gasteiger partial charge is 0.494 e. The minimum Gasteiger partial charge on any atom is -0.494 e. The van der Waals surface area contributed by atoms with Gasteiger partial charge in [-0.05, 0) is 0 Å². The third-order valence-corrected chi connectivity index (χ3v) is 0.832. The lowest BCUT2D eigenvalue weighted by Gasteiger charge is -2.12. The van der Waals surface area contributed by atoms with E-state index in [1.54, 1.807) is 0 Å². The zero-order chi connectivity index (χ0) is 6.85. The summed E-state index contributed by atoms with van der Waals surface area (Å²) in [6, 6.07) is 1.84. The lowest BCUT2D eigenvalue weighted by Crippen LogP contribution is -1.87. The predicted molar refractivity (Wildman–Crippen MR) is 26.8 cm³/mol. The van der Waals surface area contributed by atoms with Crippen LogP contribution in [0.3, 0.4) is 0 Å². The molecule has 0 radical (unpaired) electrons. The van der Waals surface area contributed by atoms with Crippen molar-refractivity contribution < 1.29 is 8.78 Å². The van der Waals surface area contributed by atoms with E-state index in [9.17, 15) is 8.78 Å². The molecule has 0 amide bonds. The molecule has 4 heteroatoms. The van der Waals surface area contributed by atoms with Crippen LogP contribution in [0.5, 0.6) is 0 Å². The standard InChI is InChI=1S/C5ClF2N/c6-3-1-4(7)5(8)9-2-3/q-2. The van der Waals surface area contributed by atoms with Crippen LogP contribution in [-0.2, 0) is 0 Å². The molecule has 0 aliphatic carbocycles. The fourth-order valence-electron chi connectivity index (χ4n) is 0.323.